The highest BCUT2D eigenvalue weighted by Gasteiger charge is 2.30. The number of benzene rings is 2. The first-order valence-corrected chi connectivity index (χ1v) is 10.8. The summed E-state index contributed by atoms with van der Waals surface area (Å²) in [5.74, 6) is -0.189. The lowest BCUT2D eigenvalue weighted by Gasteiger charge is -2.35. The zero-order chi connectivity index (χ0) is 22.5. The van der Waals surface area contributed by atoms with Gasteiger partial charge in [0, 0.05) is 38.5 Å². The Kier molecular flexibility index (Phi) is 7.46. The number of aliphatic hydroxyl groups excluding tert-OH is 1. The smallest absolute Gasteiger partial charge is 0.254 e. The maximum Gasteiger partial charge on any atom is 0.254 e. The van der Waals surface area contributed by atoms with Crippen molar-refractivity contribution in [2.45, 2.75) is 39.5 Å². The minimum absolute atomic E-state index is 0.0328. The van der Waals surface area contributed by atoms with Crippen molar-refractivity contribution in [3.63, 3.8) is 0 Å². The van der Waals surface area contributed by atoms with Gasteiger partial charge in [-0.05, 0) is 29.7 Å². The molecule has 0 unspecified atom stereocenters. The molecular formula is C25H32N2O4. The van der Waals surface area contributed by atoms with Crippen molar-refractivity contribution in [2.75, 3.05) is 26.7 Å². The first kappa shape index (κ1) is 23.0. The van der Waals surface area contributed by atoms with E-state index in [0.717, 1.165) is 16.7 Å². The number of fused-ring (bicyclic) bond motifs is 3. The van der Waals surface area contributed by atoms with E-state index in [4.69, 9.17) is 4.74 Å². The van der Waals surface area contributed by atoms with Gasteiger partial charge in [-0.3, -0.25) is 9.59 Å². The molecule has 0 saturated carbocycles. The van der Waals surface area contributed by atoms with Gasteiger partial charge in [0.2, 0.25) is 5.91 Å². The van der Waals surface area contributed by atoms with Crippen molar-refractivity contribution in [3.8, 4) is 11.1 Å². The van der Waals surface area contributed by atoms with Crippen LogP contribution < -0.4 is 0 Å². The Morgan fingerprint density at radius 2 is 1.77 bits per heavy atom. The van der Waals surface area contributed by atoms with Crippen LogP contribution in [0, 0.1) is 5.92 Å². The summed E-state index contributed by atoms with van der Waals surface area (Å²) >= 11 is 0. The number of hydrogen-bond acceptors (Lipinski definition) is 4. The molecule has 0 spiro atoms. The Hall–Kier alpha value is -2.70. The molecule has 0 saturated heterocycles. The van der Waals surface area contributed by atoms with Crippen molar-refractivity contribution < 1.29 is 19.4 Å². The Morgan fingerprint density at radius 3 is 2.42 bits per heavy atom. The summed E-state index contributed by atoms with van der Waals surface area (Å²) in [4.78, 5) is 28.9. The van der Waals surface area contributed by atoms with E-state index in [1.807, 2.05) is 62.4 Å². The highest BCUT2D eigenvalue weighted by molar-refractivity contribution is 6.01. The molecule has 1 aliphatic rings. The van der Waals surface area contributed by atoms with E-state index >= 15 is 0 Å². The van der Waals surface area contributed by atoms with Crippen molar-refractivity contribution in [2.24, 2.45) is 5.92 Å². The first-order chi connectivity index (χ1) is 14.8. The third-order valence-electron chi connectivity index (χ3n) is 6.09. The predicted molar refractivity (Wildman–Crippen MR) is 121 cm³/mol. The van der Waals surface area contributed by atoms with Crippen LogP contribution in [0.15, 0.2) is 48.5 Å². The maximum absolute atomic E-state index is 13.7. The van der Waals surface area contributed by atoms with E-state index in [0.29, 0.717) is 25.3 Å². The van der Waals surface area contributed by atoms with Gasteiger partial charge < -0.3 is 19.6 Å². The molecule has 0 radical (unpaired) electrons. The number of aliphatic hydroxyl groups is 1. The number of likely N-dealkylation sites (N-methyl/N-ethyl adjacent to an activating group) is 1. The summed E-state index contributed by atoms with van der Waals surface area (Å²) < 4.78 is 6.35. The third-order valence-corrected chi connectivity index (χ3v) is 6.09. The average molecular weight is 425 g/mol. The Balaban J connectivity index is 2.10. The number of ether oxygens (including phenoxy) is 1. The lowest BCUT2D eigenvalue weighted by molar-refractivity contribution is -0.130. The van der Waals surface area contributed by atoms with Crippen LogP contribution in [0.5, 0.6) is 0 Å². The first-order valence-electron chi connectivity index (χ1n) is 10.8. The fraction of sp³-hybridized carbons (Fsp3) is 0.440. The summed E-state index contributed by atoms with van der Waals surface area (Å²) in [5.41, 5.74) is 3.42. The summed E-state index contributed by atoms with van der Waals surface area (Å²) in [7, 11) is 1.76. The second-order valence-electron chi connectivity index (χ2n) is 8.42. The van der Waals surface area contributed by atoms with Gasteiger partial charge >= 0.3 is 0 Å². The SMILES string of the molecule is CC(=O)N(C)C[C@@H]1OCc2ccccc2-c2ccccc2C(=O)N([C@@H](C)CO)C[C@@H]1C. The van der Waals surface area contributed by atoms with E-state index in [1.165, 1.54) is 6.92 Å². The third kappa shape index (κ3) is 5.14. The number of nitrogens with zero attached hydrogens (tertiary/aromatic N) is 2. The summed E-state index contributed by atoms with van der Waals surface area (Å²) in [6.45, 7) is 6.51. The second-order valence-corrected chi connectivity index (χ2v) is 8.42. The largest absolute Gasteiger partial charge is 0.394 e. The molecule has 3 atom stereocenters. The molecule has 6 heteroatoms. The molecule has 2 aromatic rings. The minimum atomic E-state index is -0.342. The van der Waals surface area contributed by atoms with Gasteiger partial charge in [0.25, 0.3) is 5.91 Å². The van der Waals surface area contributed by atoms with E-state index < -0.39 is 0 Å². The molecule has 31 heavy (non-hydrogen) atoms. The Labute approximate surface area is 184 Å². The van der Waals surface area contributed by atoms with Crippen LogP contribution in [0.3, 0.4) is 0 Å². The van der Waals surface area contributed by atoms with Crippen LogP contribution >= 0.6 is 0 Å². The van der Waals surface area contributed by atoms with Gasteiger partial charge in [-0.2, -0.15) is 0 Å². The molecule has 166 valence electrons. The number of rotatable bonds is 4. The van der Waals surface area contributed by atoms with Gasteiger partial charge in [-0.1, -0.05) is 49.4 Å². The molecule has 3 rings (SSSR count). The highest BCUT2D eigenvalue weighted by Crippen LogP contribution is 2.31. The van der Waals surface area contributed by atoms with E-state index in [9.17, 15) is 14.7 Å². The highest BCUT2D eigenvalue weighted by atomic mass is 16.5. The second kappa shape index (κ2) is 10.1. The molecule has 2 aromatic carbocycles. The van der Waals surface area contributed by atoms with Crippen molar-refractivity contribution >= 4 is 11.8 Å². The molecule has 6 nitrogen and oxygen atoms in total. The zero-order valence-corrected chi connectivity index (χ0v) is 18.7. The van der Waals surface area contributed by atoms with Crippen molar-refractivity contribution in [1.82, 2.24) is 9.80 Å². The van der Waals surface area contributed by atoms with Gasteiger partial charge in [0.15, 0.2) is 0 Å². The van der Waals surface area contributed by atoms with Crippen molar-refractivity contribution in [3.05, 3.63) is 59.7 Å². The molecule has 0 fully saturated rings. The topological polar surface area (TPSA) is 70.1 Å². The molecule has 1 heterocycles. The van der Waals surface area contributed by atoms with Crippen molar-refractivity contribution in [1.29, 1.82) is 0 Å². The summed E-state index contributed by atoms with van der Waals surface area (Å²) in [5, 5.41) is 9.85. The van der Waals surface area contributed by atoms with Gasteiger partial charge in [-0.15, -0.1) is 0 Å². The normalized spacial score (nSPS) is 20.3. The molecule has 0 aliphatic carbocycles. The van der Waals surface area contributed by atoms with Crippen LogP contribution in [-0.4, -0.2) is 65.6 Å². The lowest BCUT2D eigenvalue weighted by atomic mass is 9.94. The van der Waals surface area contributed by atoms with Crippen LogP contribution in [-0.2, 0) is 16.1 Å². The average Bonchev–Trinajstić information content (AvgIpc) is 2.79. The van der Waals surface area contributed by atoms with E-state index in [-0.39, 0.29) is 36.5 Å². The summed E-state index contributed by atoms with van der Waals surface area (Å²) in [6, 6.07) is 15.2. The molecule has 2 amide bonds. The number of carbonyl (C=O) groups is 2. The van der Waals surface area contributed by atoms with Crippen LogP contribution in [0.25, 0.3) is 11.1 Å². The van der Waals surface area contributed by atoms with E-state index in [1.54, 1.807) is 16.8 Å². The van der Waals surface area contributed by atoms with E-state index in [2.05, 4.69) is 0 Å². The molecule has 1 aliphatic heterocycles. The van der Waals surface area contributed by atoms with Crippen LogP contribution in [0.1, 0.15) is 36.7 Å². The Morgan fingerprint density at radius 1 is 1.16 bits per heavy atom. The van der Waals surface area contributed by atoms with Gasteiger partial charge in [0.05, 0.1) is 25.4 Å². The standard InChI is InChI=1S/C25H32N2O4/c1-17-13-27(18(2)15-28)25(30)23-12-8-7-11-22(23)21-10-6-5-9-20(21)16-31-24(17)14-26(4)19(3)29/h5-12,17-18,24,28H,13-16H2,1-4H3/t17-,18-,24-/m0/s1. The fourth-order valence-electron chi connectivity index (χ4n) is 3.95. The molecular weight excluding hydrogens is 392 g/mol. The number of carbonyl (C=O) groups excluding carboxylic acids is 2. The molecule has 1 N–H and O–H groups in total. The number of hydrogen-bond donors (Lipinski definition) is 1. The maximum atomic E-state index is 13.7. The zero-order valence-electron chi connectivity index (χ0n) is 18.7. The van der Waals surface area contributed by atoms with Crippen LogP contribution in [0.4, 0.5) is 0 Å². The van der Waals surface area contributed by atoms with Gasteiger partial charge in [-0.25, -0.2) is 0 Å². The minimum Gasteiger partial charge on any atom is -0.394 e. The summed E-state index contributed by atoms with van der Waals surface area (Å²) in [6.07, 6.45) is -0.260. The monoisotopic (exact) mass is 424 g/mol. The Bertz CT molecular complexity index is 929. The van der Waals surface area contributed by atoms with Gasteiger partial charge in [0.1, 0.15) is 0 Å². The lowest BCUT2D eigenvalue weighted by Crippen LogP contribution is -2.47. The molecule has 0 aromatic heterocycles. The number of amides is 2. The predicted octanol–water partition coefficient (Wildman–Crippen LogP) is 3.19. The quantitative estimate of drug-likeness (QED) is 0.818. The molecule has 0 bridgehead atoms. The fourth-order valence-corrected chi connectivity index (χ4v) is 3.95. The van der Waals surface area contributed by atoms with Crippen LogP contribution in [0.2, 0.25) is 0 Å².